The molecule has 0 aliphatic heterocycles. The van der Waals surface area contributed by atoms with Gasteiger partial charge in [-0.05, 0) is 125 Å². The minimum Gasteiger partial charge on any atom is -0.311 e. The highest BCUT2D eigenvalue weighted by Crippen LogP contribution is 2.39. The van der Waals surface area contributed by atoms with Gasteiger partial charge in [-0.3, -0.25) is 0 Å². The van der Waals surface area contributed by atoms with Gasteiger partial charge >= 0.3 is 0 Å². The van der Waals surface area contributed by atoms with Crippen LogP contribution >= 0.6 is 0 Å². The molecule has 0 atom stereocenters. The molecule has 0 fully saturated rings. The number of anilines is 3. The Labute approximate surface area is 309 Å². The van der Waals surface area contributed by atoms with E-state index in [1.807, 2.05) is 0 Å². The summed E-state index contributed by atoms with van der Waals surface area (Å²) in [5.41, 5.74) is 10.6. The number of rotatable bonds is 6. The van der Waals surface area contributed by atoms with Gasteiger partial charge in [-0.15, -0.1) is 0 Å². The summed E-state index contributed by atoms with van der Waals surface area (Å²) in [6.07, 6.45) is 0. The van der Waals surface area contributed by atoms with E-state index in [-0.39, 0.29) is 0 Å². The van der Waals surface area contributed by atoms with Gasteiger partial charge in [0.1, 0.15) is 0 Å². The normalized spacial score (nSPS) is 11.4. The number of hydrogen-bond donors (Lipinski definition) is 0. The van der Waals surface area contributed by atoms with Crippen molar-refractivity contribution in [3.05, 3.63) is 212 Å². The molecule has 10 aromatic rings. The Morgan fingerprint density at radius 2 is 0.585 bits per heavy atom. The molecule has 0 unspecified atom stereocenters. The average molecular weight is 674 g/mol. The average Bonchev–Trinajstić information content (AvgIpc) is 3.24. The third kappa shape index (κ3) is 5.69. The molecule has 0 saturated carbocycles. The van der Waals surface area contributed by atoms with Crippen molar-refractivity contribution in [1.82, 2.24) is 0 Å². The van der Waals surface area contributed by atoms with Crippen LogP contribution in [-0.2, 0) is 0 Å². The Morgan fingerprint density at radius 1 is 0.208 bits per heavy atom. The maximum Gasteiger partial charge on any atom is 0.0462 e. The molecule has 0 spiro atoms. The Hall–Kier alpha value is -6.96. The van der Waals surface area contributed by atoms with Crippen molar-refractivity contribution < 1.29 is 0 Å². The molecule has 0 amide bonds. The van der Waals surface area contributed by atoms with E-state index >= 15 is 0 Å². The molecule has 1 heteroatoms. The fourth-order valence-corrected chi connectivity index (χ4v) is 7.86. The van der Waals surface area contributed by atoms with Crippen molar-refractivity contribution in [3.63, 3.8) is 0 Å². The van der Waals surface area contributed by atoms with Crippen LogP contribution in [0.25, 0.3) is 76.5 Å². The Balaban J connectivity index is 1.01. The first-order chi connectivity index (χ1) is 26.2. The highest BCUT2D eigenvalue weighted by molar-refractivity contribution is 6.17. The van der Waals surface area contributed by atoms with Crippen LogP contribution in [0.3, 0.4) is 0 Å². The molecule has 0 radical (unpaired) electrons. The largest absolute Gasteiger partial charge is 0.311 e. The summed E-state index contributed by atoms with van der Waals surface area (Å²) in [6, 6.07) is 77.2. The second kappa shape index (κ2) is 13.0. The van der Waals surface area contributed by atoms with Crippen LogP contribution in [0.4, 0.5) is 17.1 Å². The van der Waals surface area contributed by atoms with Gasteiger partial charge in [0.05, 0.1) is 0 Å². The number of nitrogens with zero attached hydrogens (tertiary/aromatic N) is 1. The smallest absolute Gasteiger partial charge is 0.0462 e. The van der Waals surface area contributed by atoms with E-state index in [2.05, 4.69) is 217 Å². The fraction of sp³-hybridized carbons (Fsp3) is 0. The standard InChI is InChI=1S/C52H35N/c1-2-8-36(9-3-1)38-16-25-46(26-17-38)53(47-27-18-39(19-28-47)43-15-14-37-10-4-5-12-42(37)34-43)48-29-20-40(21-30-48)44-23-31-50-45(35-44)24-33-51-49-13-7-6-11-41(49)22-32-52(50)51/h1-35H. The molecule has 53 heavy (non-hydrogen) atoms. The Morgan fingerprint density at radius 3 is 1.21 bits per heavy atom. The van der Waals surface area contributed by atoms with Crippen molar-refractivity contribution in [1.29, 1.82) is 0 Å². The molecule has 0 bridgehead atoms. The summed E-state index contributed by atoms with van der Waals surface area (Å²) in [5.74, 6) is 0. The minimum absolute atomic E-state index is 1.11. The van der Waals surface area contributed by atoms with Gasteiger partial charge in [0, 0.05) is 17.1 Å². The SMILES string of the molecule is c1ccc(-c2ccc(N(c3ccc(-c4ccc5ccccc5c4)cc3)c3ccc(-c4ccc5c(ccc6c7ccccc7ccc56)c4)cc3)cc2)cc1. The Kier molecular flexibility index (Phi) is 7.55. The van der Waals surface area contributed by atoms with E-state index in [1.165, 1.54) is 76.5 Å². The van der Waals surface area contributed by atoms with Crippen LogP contribution in [0, 0.1) is 0 Å². The van der Waals surface area contributed by atoms with Crippen LogP contribution in [0.5, 0.6) is 0 Å². The zero-order valence-corrected chi connectivity index (χ0v) is 29.2. The summed E-state index contributed by atoms with van der Waals surface area (Å²) in [4.78, 5) is 2.35. The molecule has 10 rings (SSSR count). The fourth-order valence-electron chi connectivity index (χ4n) is 7.86. The second-order valence-corrected chi connectivity index (χ2v) is 13.8. The van der Waals surface area contributed by atoms with E-state index in [0.29, 0.717) is 0 Å². The summed E-state index contributed by atoms with van der Waals surface area (Å²) < 4.78 is 0. The highest BCUT2D eigenvalue weighted by Gasteiger charge is 2.14. The lowest BCUT2D eigenvalue weighted by atomic mass is 9.95. The maximum absolute atomic E-state index is 2.35. The molecule has 248 valence electrons. The third-order valence-corrected chi connectivity index (χ3v) is 10.6. The number of benzene rings is 10. The first-order valence-corrected chi connectivity index (χ1v) is 18.2. The van der Waals surface area contributed by atoms with E-state index in [0.717, 1.165) is 17.1 Å². The molecule has 10 aromatic carbocycles. The third-order valence-electron chi connectivity index (χ3n) is 10.6. The van der Waals surface area contributed by atoms with Crippen LogP contribution in [-0.4, -0.2) is 0 Å². The van der Waals surface area contributed by atoms with Gasteiger partial charge in [-0.1, -0.05) is 164 Å². The topological polar surface area (TPSA) is 3.24 Å². The summed E-state index contributed by atoms with van der Waals surface area (Å²) >= 11 is 0. The molecule has 0 aliphatic carbocycles. The van der Waals surface area contributed by atoms with Gasteiger partial charge in [-0.2, -0.15) is 0 Å². The highest BCUT2D eigenvalue weighted by atomic mass is 15.1. The van der Waals surface area contributed by atoms with Crippen molar-refractivity contribution in [2.75, 3.05) is 4.90 Å². The zero-order valence-electron chi connectivity index (χ0n) is 29.2. The maximum atomic E-state index is 2.35. The molecular weight excluding hydrogens is 639 g/mol. The van der Waals surface area contributed by atoms with Crippen LogP contribution in [0.1, 0.15) is 0 Å². The first-order valence-electron chi connectivity index (χ1n) is 18.2. The van der Waals surface area contributed by atoms with Crippen molar-refractivity contribution in [3.8, 4) is 33.4 Å². The van der Waals surface area contributed by atoms with E-state index in [4.69, 9.17) is 0 Å². The molecule has 0 aromatic heterocycles. The van der Waals surface area contributed by atoms with Crippen LogP contribution in [0.2, 0.25) is 0 Å². The van der Waals surface area contributed by atoms with Gasteiger partial charge in [-0.25, -0.2) is 0 Å². The van der Waals surface area contributed by atoms with Gasteiger partial charge in [0.15, 0.2) is 0 Å². The van der Waals surface area contributed by atoms with Crippen molar-refractivity contribution >= 4 is 60.2 Å². The van der Waals surface area contributed by atoms with E-state index < -0.39 is 0 Å². The lowest BCUT2D eigenvalue weighted by Crippen LogP contribution is -2.09. The molecular formula is C52H35N. The zero-order chi connectivity index (χ0) is 35.1. The molecule has 0 aliphatic rings. The van der Waals surface area contributed by atoms with Crippen LogP contribution in [0.15, 0.2) is 212 Å². The van der Waals surface area contributed by atoms with Crippen molar-refractivity contribution in [2.24, 2.45) is 0 Å². The first kappa shape index (κ1) is 30.8. The second-order valence-electron chi connectivity index (χ2n) is 13.8. The van der Waals surface area contributed by atoms with E-state index in [9.17, 15) is 0 Å². The number of hydrogen-bond acceptors (Lipinski definition) is 1. The summed E-state index contributed by atoms with van der Waals surface area (Å²) in [5, 5.41) is 10.2. The molecule has 1 nitrogen and oxygen atoms in total. The van der Waals surface area contributed by atoms with Crippen LogP contribution < -0.4 is 4.90 Å². The van der Waals surface area contributed by atoms with E-state index in [1.54, 1.807) is 0 Å². The van der Waals surface area contributed by atoms with Gasteiger partial charge < -0.3 is 4.90 Å². The lowest BCUT2D eigenvalue weighted by Gasteiger charge is -2.26. The molecule has 0 N–H and O–H groups in total. The van der Waals surface area contributed by atoms with Gasteiger partial charge in [0.2, 0.25) is 0 Å². The predicted molar refractivity (Wildman–Crippen MR) is 227 cm³/mol. The Bertz CT molecular complexity index is 2910. The number of fused-ring (bicyclic) bond motifs is 6. The summed E-state index contributed by atoms with van der Waals surface area (Å²) in [7, 11) is 0. The molecule has 0 saturated heterocycles. The molecule has 0 heterocycles. The minimum atomic E-state index is 1.11. The van der Waals surface area contributed by atoms with Crippen molar-refractivity contribution in [2.45, 2.75) is 0 Å². The monoisotopic (exact) mass is 673 g/mol. The quantitative estimate of drug-likeness (QED) is 0.159. The summed E-state index contributed by atoms with van der Waals surface area (Å²) in [6.45, 7) is 0. The lowest BCUT2D eigenvalue weighted by molar-refractivity contribution is 1.28. The predicted octanol–water partition coefficient (Wildman–Crippen LogP) is 14.8. The van der Waals surface area contributed by atoms with Gasteiger partial charge in [0.25, 0.3) is 0 Å².